The molecule has 0 atom stereocenters. The van der Waals surface area contributed by atoms with Crippen LogP contribution < -0.4 is 10.6 Å². The van der Waals surface area contributed by atoms with E-state index >= 15 is 0 Å². The van der Waals surface area contributed by atoms with Crippen LogP contribution in [0.15, 0.2) is 0 Å². The maximum Gasteiger partial charge on any atom is 0.219 e. The molecule has 0 saturated carbocycles. The molecule has 0 unspecified atom stereocenters. The van der Waals surface area contributed by atoms with E-state index in [1.807, 2.05) is 0 Å². The zero-order chi connectivity index (χ0) is 15.1. The molecule has 0 spiro atoms. The predicted octanol–water partition coefficient (Wildman–Crippen LogP) is 3.02. The van der Waals surface area contributed by atoms with Gasteiger partial charge in [-0.05, 0) is 25.2 Å². The number of carbonyl (C=O) groups excluding carboxylic acids is 2. The lowest BCUT2D eigenvalue weighted by Crippen LogP contribution is -2.24. The van der Waals surface area contributed by atoms with Crippen molar-refractivity contribution in [3.8, 4) is 0 Å². The lowest BCUT2D eigenvalue weighted by atomic mass is 10.0. The Morgan fingerprint density at radius 1 is 0.950 bits per heavy atom. The predicted molar refractivity (Wildman–Crippen MR) is 83.5 cm³/mol. The van der Waals surface area contributed by atoms with E-state index < -0.39 is 0 Å². The van der Waals surface area contributed by atoms with Gasteiger partial charge in [-0.1, -0.05) is 46.0 Å². The summed E-state index contributed by atoms with van der Waals surface area (Å²) < 4.78 is 0. The Balaban J connectivity index is 3.18. The largest absolute Gasteiger partial charge is 0.359 e. The highest BCUT2D eigenvalue weighted by molar-refractivity contribution is 5.75. The summed E-state index contributed by atoms with van der Waals surface area (Å²) in [5.41, 5.74) is 0. The molecule has 20 heavy (non-hydrogen) atoms. The molecule has 2 N–H and O–H groups in total. The SMILES string of the molecule is CC(C)CCCCCC(=O)NCCCCCCNC=O. The van der Waals surface area contributed by atoms with Crippen LogP contribution in [0.1, 0.15) is 71.6 Å². The summed E-state index contributed by atoms with van der Waals surface area (Å²) in [6.07, 6.45) is 10.3. The van der Waals surface area contributed by atoms with Crippen LogP contribution >= 0.6 is 0 Å². The van der Waals surface area contributed by atoms with Crippen molar-refractivity contribution in [3.05, 3.63) is 0 Å². The molecule has 0 aromatic heterocycles. The van der Waals surface area contributed by atoms with E-state index in [1.54, 1.807) is 0 Å². The van der Waals surface area contributed by atoms with Crippen molar-refractivity contribution in [2.45, 2.75) is 71.6 Å². The Kier molecular flexibility index (Phi) is 13.6. The molecule has 0 aliphatic heterocycles. The van der Waals surface area contributed by atoms with E-state index in [-0.39, 0.29) is 5.91 Å². The van der Waals surface area contributed by atoms with E-state index in [1.165, 1.54) is 12.8 Å². The third-order valence-electron chi connectivity index (χ3n) is 3.34. The molecule has 0 rings (SSSR count). The molecule has 4 nitrogen and oxygen atoms in total. The molecular formula is C16H32N2O2. The Morgan fingerprint density at radius 3 is 2.25 bits per heavy atom. The van der Waals surface area contributed by atoms with E-state index in [4.69, 9.17) is 0 Å². The Bertz CT molecular complexity index is 243. The third kappa shape index (κ3) is 15.0. The number of unbranched alkanes of at least 4 members (excludes halogenated alkanes) is 5. The first-order valence-corrected chi connectivity index (χ1v) is 8.10. The minimum atomic E-state index is 0.192. The van der Waals surface area contributed by atoms with Crippen LogP contribution in [0.4, 0.5) is 0 Å². The fourth-order valence-corrected chi connectivity index (χ4v) is 2.10. The molecular weight excluding hydrogens is 252 g/mol. The van der Waals surface area contributed by atoms with Gasteiger partial charge < -0.3 is 10.6 Å². The van der Waals surface area contributed by atoms with Gasteiger partial charge in [-0.3, -0.25) is 9.59 Å². The highest BCUT2D eigenvalue weighted by Crippen LogP contribution is 2.09. The third-order valence-corrected chi connectivity index (χ3v) is 3.34. The molecule has 0 aromatic rings. The summed E-state index contributed by atoms with van der Waals surface area (Å²) in [4.78, 5) is 21.6. The van der Waals surface area contributed by atoms with Gasteiger partial charge in [0.15, 0.2) is 0 Å². The van der Waals surface area contributed by atoms with Crippen molar-refractivity contribution in [2.75, 3.05) is 13.1 Å². The molecule has 2 amide bonds. The zero-order valence-electron chi connectivity index (χ0n) is 13.2. The molecule has 0 fully saturated rings. The number of hydrogen-bond donors (Lipinski definition) is 2. The van der Waals surface area contributed by atoms with Crippen molar-refractivity contribution in [1.29, 1.82) is 0 Å². The first-order valence-electron chi connectivity index (χ1n) is 8.10. The van der Waals surface area contributed by atoms with E-state index in [9.17, 15) is 9.59 Å². The van der Waals surface area contributed by atoms with Gasteiger partial charge in [0, 0.05) is 19.5 Å². The minimum Gasteiger partial charge on any atom is -0.359 e. The number of rotatable bonds is 14. The van der Waals surface area contributed by atoms with Gasteiger partial charge >= 0.3 is 0 Å². The summed E-state index contributed by atoms with van der Waals surface area (Å²) in [5, 5.41) is 5.62. The van der Waals surface area contributed by atoms with Crippen LogP contribution in [0.25, 0.3) is 0 Å². The molecule has 0 bridgehead atoms. The van der Waals surface area contributed by atoms with E-state index in [0.29, 0.717) is 6.42 Å². The van der Waals surface area contributed by atoms with Crippen LogP contribution in [-0.4, -0.2) is 25.4 Å². The Hall–Kier alpha value is -1.06. The Labute approximate surface area is 124 Å². The van der Waals surface area contributed by atoms with Crippen LogP contribution in [0.2, 0.25) is 0 Å². The fraction of sp³-hybridized carbons (Fsp3) is 0.875. The maximum absolute atomic E-state index is 11.6. The maximum atomic E-state index is 11.6. The second kappa shape index (κ2) is 14.4. The second-order valence-corrected chi connectivity index (χ2v) is 5.83. The molecule has 0 heterocycles. The Morgan fingerprint density at radius 2 is 1.60 bits per heavy atom. The van der Waals surface area contributed by atoms with E-state index in [0.717, 1.165) is 63.9 Å². The van der Waals surface area contributed by atoms with Crippen molar-refractivity contribution in [3.63, 3.8) is 0 Å². The standard InChI is InChI=1S/C16H32N2O2/c1-15(2)10-6-5-7-11-16(20)18-13-9-4-3-8-12-17-14-19/h14-15H,3-13H2,1-2H3,(H,17,19)(H,18,20). The first-order chi connectivity index (χ1) is 9.66. The van der Waals surface area contributed by atoms with Gasteiger partial charge in [0.05, 0.1) is 0 Å². The van der Waals surface area contributed by atoms with Crippen molar-refractivity contribution >= 4 is 12.3 Å². The number of hydrogen-bond acceptors (Lipinski definition) is 2. The fourth-order valence-electron chi connectivity index (χ4n) is 2.10. The van der Waals surface area contributed by atoms with Gasteiger partial charge in [0.1, 0.15) is 0 Å². The van der Waals surface area contributed by atoms with Crippen molar-refractivity contribution in [1.82, 2.24) is 10.6 Å². The first kappa shape index (κ1) is 18.9. The number of amides is 2. The lowest BCUT2D eigenvalue weighted by Gasteiger charge is -2.06. The smallest absolute Gasteiger partial charge is 0.219 e. The number of nitrogens with one attached hydrogen (secondary N) is 2. The van der Waals surface area contributed by atoms with Gasteiger partial charge in [0.25, 0.3) is 0 Å². The molecule has 0 aliphatic carbocycles. The normalized spacial score (nSPS) is 10.6. The zero-order valence-corrected chi connectivity index (χ0v) is 13.2. The highest BCUT2D eigenvalue weighted by atomic mass is 16.1. The average molecular weight is 284 g/mol. The summed E-state index contributed by atoms with van der Waals surface area (Å²) in [6, 6.07) is 0. The number of carbonyl (C=O) groups is 2. The van der Waals surface area contributed by atoms with Crippen LogP contribution in [0, 0.1) is 5.92 Å². The molecule has 4 heteroatoms. The van der Waals surface area contributed by atoms with Gasteiger partial charge in [0.2, 0.25) is 12.3 Å². The van der Waals surface area contributed by atoms with Gasteiger partial charge in [-0.2, -0.15) is 0 Å². The summed E-state index contributed by atoms with van der Waals surface area (Å²) in [7, 11) is 0. The topological polar surface area (TPSA) is 58.2 Å². The molecule has 0 aromatic carbocycles. The van der Waals surface area contributed by atoms with E-state index in [2.05, 4.69) is 24.5 Å². The van der Waals surface area contributed by atoms with Crippen molar-refractivity contribution < 1.29 is 9.59 Å². The van der Waals surface area contributed by atoms with Gasteiger partial charge in [-0.15, -0.1) is 0 Å². The molecule has 0 radical (unpaired) electrons. The summed E-state index contributed by atoms with van der Waals surface area (Å²) in [5.74, 6) is 0.961. The second-order valence-electron chi connectivity index (χ2n) is 5.83. The average Bonchev–Trinajstić information content (AvgIpc) is 2.41. The van der Waals surface area contributed by atoms with Crippen LogP contribution in [0.5, 0.6) is 0 Å². The van der Waals surface area contributed by atoms with Crippen LogP contribution in [0.3, 0.4) is 0 Å². The lowest BCUT2D eigenvalue weighted by molar-refractivity contribution is -0.121. The van der Waals surface area contributed by atoms with Crippen LogP contribution in [-0.2, 0) is 9.59 Å². The molecule has 118 valence electrons. The summed E-state index contributed by atoms with van der Waals surface area (Å²) >= 11 is 0. The molecule has 0 saturated heterocycles. The van der Waals surface area contributed by atoms with Crippen molar-refractivity contribution in [2.24, 2.45) is 5.92 Å². The monoisotopic (exact) mass is 284 g/mol. The minimum absolute atomic E-state index is 0.192. The summed E-state index contributed by atoms with van der Waals surface area (Å²) in [6.45, 7) is 6.02. The van der Waals surface area contributed by atoms with Gasteiger partial charge in [-0.25, -0.2) is 0 Å². The molecule has 0 aliphatic rings. The highest BCUT2D eigenvalue weighted by Gasteiger charge is 2.01. The quantitative estimate of drug-likeness (QED) is 0.380.